The van der Waals surface area contributed by atoms with Crippen LogP contribution in [-0.4, -0.2) is 42.2 Å². The maximum Gasteiger partial charge on any atom is 0.311 e. The molecular formula is C27H28BrCl2N3O5S. The fourth-order valence-electron chi connectivity index (χ4n) is 4.39. The third-order valence-electron chi connectivity index (χ3n) is 6.36. The number of esters is 1. The second kappa shape index (κ2) is 10.9. The Morgan fingerprint density at radius 3 is 2.31 bits per heavy atom. The van der Waals surface area contributed by atoms with Gasteiger partial charge in [0, 0.05) is 20.9 Å². The van der Waals surface area contributed by atoms with Gasteiger partial charge in [-0.05, 0) is 70.0 Å². The van der Waals surface area contributed by atoms with Gasteiger partial charge in [0.2, 0.25) is 5.95 Å². The first-order chi connectivity index (χ1) is 18.1. The molecule has 2 heterocycles. The Morgan fingerprint density at radius 1 is 1.10 bits per heavy atom. The van der Waals surface area contributed by atoms with Gasteiger partial charge >= 0.3 is 5.97 Å². The second-order valence-corrected chi connectivity index (χ2v) is 14.5. The van der Waals surface area contributed by atoms with Crippen LogP contribution in [0.1, 0.15) is 39.7 Å². The number of imidazole rings is 1. The predicted octanol–water partition coefficient (Wildman–Crippen LogP) is 6.34. The van der Waals surface area contributed by atoms with E-state index in [4.69, 9.17) is 27.9 Å². The highest BCUT2D eigenvalue weighted by atomic mass is 79.9. The molecule has 0 N–H and O–H groups in total. The lowest BCUT2D eigenvalue weighted by atomic mass is 9.92. The van der Waals surface area contributed by atoms with Gasteiger partial charge < -0.3 is 4.74 Å². The highest BCUT2D eigenvalue weighted by molar-refractivity contribution is 9.10. The molecule has 0 unspecified atom stereocenters. The van der Waals surface area contributed by atoms with Crippen molar-refractivity contribution in [1.29, 1.82) is 0 Å². The summed E-state index contributed by atoms with van der Waals surface area (Å²) < 4.78 is 34.7. The van der Waals surface area contributed by atoms with Gasteiger partial charge in [0.25, 0.3) is 5.91 Å². The minimum absolute atomic E-state index is 0.0431. The summed E-state index contributed by atoms with van der Waals surface area (Å²) >= 11 is 15.9. The van der Waals surface area contributed by atoms with E-state index in [0.717, 1.165) is 10.0 Å². The molecule has 0 bridgehead atoms. The zero-order valence-electron chi connectivity index (χ0n) is 21.9. The monoisotopic (exact) mass is 655 g/mol. The highest BCUT2D eigenvalue weighted by Crippen LogP contribution is 2.44. The van der Waals surface area contributed by atoms with Crippen molar-refractivity contribution in [3.8, 4) is 0 Å². The highest BCUT2D eigenvalue weighted by Gasteiger charge is 2.51. The Kier molecular flexibility index (Phi) is 8.25. The predicted molar refractivity (Wildman–Crippen MR) is 154 cm³/mol. The van der Waals surface area contributed by atoms with Gasteiger partial charge in [0.1, 0.15) is 5.54 Å². The van der Waals surface area contributed by atoms with E-state index in [-0.39, 0.29) is 42.1 Å². The van der Waals surface area contributed by atoms with Crippen LogP contribution in [0.4, 0.5) is 11.6 Å². The van der Waals surface area contributed by atoms with Crippen molar-refractivity contribution >= 4 is 72.5 Å². The van der Waals surface area contributed by atoms with Gasteiger partial charge in [0.05, 0.1) is 29.7 Å². The third kappa shape index (κ3) is 6.04. The fourth-order valence-corrected chi connectivity index (χ4v) is 6.65. The molecule has 12 heteroatoms. The van der Waals surface area contributed by atoms with Crippen LogP contribution < -0.4 is 4.90 Å². The molecule has 0 saturated carbocycles. The van der Waals surface area contributed by atoms with Crippen LogP contribution >= 0.6 is 39.1 Å². The molecule has 0 spiro atoms. The molecule has 1 amide bonds. The molecule has 1 atom stereocenters. The minimum atomic E-state index is -3.92. The Bertz CT molecular complexity index is 1510. The van der Waals surface area contributed by atoms with E-state index >= 15 is 0 Å². The molecule has 8 nitrogen and oxygen atoms in total. The lowest BCUT2D eigenvalue weighted by molar-refractivity contribution is -0.152. The van der Waals surface area contributed by atoms with Crippen molar-refractivity contribution in [2.75, 3.05) is 17.3 Å². The van der Waals surface area contributed by atoms with Crippen LogP contribution in [0.25, 0.3) is 0 Å². The summed E-state index contributed by atoms with van der Waals surface area (Å²) in [6.07, 6.45) is 1.56. The zero-order chi connectivity index (χ0) is 28.8. The average molecular weight is 657 g/mol. The number of halogens is 3. The number of rotatable bonds is 8. The van der Waals surface area contributed by atoms with E-state index in [2.05, 4.69) is 20.9 Å². The second-order valence-electron chi connectivity index (χ2n) is 10.6. The number of hydrogen-bond acceptors (Lipinski definition) is 6. The molecule has 0 radical (unpaired) electrons. The van der Waals surface area contributed by atoms with Crippen LogP contribution in [0.3, 0.4) is 0 Å². The molecule has 4 rings (SSSR count). The number of nitrogens with zero attached hydrogens (tertiary/aromatic N) is 3. The number of fused-ring (bicyclic) bond motifs is 1. The molecule has 208 valence electrons. The first-order valence-electron chi connectivity index (χ1n) is 12.2. The van der Waals surface area contributed by atoms with Crippen LogP contribution in [0, 0.1) is 5.41 Å². The SMILES string of the molecule is CC(C)(C)C(=O)OCCCS(=O)(=O)c1cnc2n1[C@](C)(Cc1ccc(Br)cc1)C(=O)N2c1cc(Cl)cc(Cl)c1. The van der Waals surface area contributed by atoms with Crippen LogP contribution in [0.5, 0.6) is 0 Å². The quantitative estimate of drug-likeness (QED) is 0.207. The molecule has 3 aromatic rings. The van der Waals surface area contributed by atoms with Crippen molar-refractivity contribution in [1.82, 2.24) is 9.55 Å². The summed E-state index contributed by atoms with van der Waals surface area (Å²) in [5.41, 5.74) is -0.804. The molecule has 1 aliphatic heterocycles. The summed E-state index contributed by atoms with van der Waals surface area (Å²) in [5.74, 6) is -0.923. The van der Waals surface area contributed by atoms with E-state index in [0.29, 0.717) is 15.7 Å². The molecule has 0 fully saturated rings. The number of carbonyl (C=O) groups is 2. The standard InChI is InChI=1S/C27H28BrCl2N3O5S/c1-26(2,3)24(35)38-10-5-11-39(36,37)22-16-31-25-32(21-13-19(29)12-20(30)14-21)23(34)27(4,33(22)25)15-17-6-8-18(28)9-7-17/h6-9,12-14,16H,5,10-11,15H2,1-4H3/t27-/m1/s1. The molecule has 2 aromatic carbocycles. The van der Waals surface area contributed by atoms with E-state index in [1.807, 2.05) is 24.3 Å². The molecule has 0 saturated heterocycles. The normalized spacial score (nSPS) is 17.4. The van der Waals surface area contributed by atoms with E-state index < -0.39 is 26.8 Å². The van der Waals surface area contributed by atoms with Gasteiger partial charge in [-0.1, -0.05) is 51.3 Å². The molecular weight excluding hydrogens is 629 g/mol. The number of hydrogen-bond donors (Lipinski definition) is 0. The topological polar surface area (TPSA) is 98.6 Å². The van der Waals surface area contributed by atoms with Crippen molar-refractivity contribution in [3.63, 3.8) is 0 Å². The van der Waals surface area contributed by atoms with Gasteiger partial charge in [-0.15, -0.1) is 0 Å². The fraction of sp³-hybridized carbons (Fsp3) is 0.370. The summed E-state index contributed by atoms with van der Waals surface area (Å²) in [6, 6.07) is 12.2. The lowest BCUT2D eigenvalue weighted by Crippen LogP contribution is -2.42. The number of anilines is 2. The summed E-state index contributed by atoms with van der Waals surface area (Å²) in [6.45, 7) is 6.83. The summed E-state index contributed by atoms with van der Waals surface area (Å²) in [4.78, 5) is 31.8. The van der Waals surface area contributed by atoms with Crippen molar-refractivity contribution in [2.45, 2.75) is 51.1 Å². The first-order valence-corrected chi connectivity index (χ1v) is 15.4. The smallest absolute Gasteiger partial charge is 0.311 e. The van der Waals surface area contributed by atoms with Crippen LogP contribution in [0.2, 0.25) is 10.0 Å². The van der Waals surface area contributed by atoms with Crippen molar-refractivity contribution < 1.29 is 22.7 Å². The largest absolute Gasteiger partial charge is 0.465 e. The van der Waals surface area contributed by atoms with Crippen molar-refractivity contribution in [3.05, 3.63) is 68.7 Å². The van der Waals surface area contributed by atoms with Gasteiger partial charge in [0.15, 0.2) is 14.9 Å². The third-order valence-corrected chi connectivity index (χ3v) is 9.07. The molecule has 1 aromatic heterocycles. The minimum Gasteiger partial charge on any atom is -0.465 e. The number of ether oxygens (including phenoxy) is 1. The Hall–Kier alpha value is -2.40. The Labute approximate surface area is 246 Å². The lowest BCUT2D eigenvalue weighted by Gasteiger charge is -2.26. The maximum atomic E-state index is 14.1. The molecule has 1 aliphatic rings. The van der Waals surface area contributed by atoms with Crippen LogP contribution in [-0.2, 0) is 36.1 Å². The number of aromatic nitrogens is 2. The molecule has 39 heavy (non-hydrogen) atoms. The Balaban J connectivity index is 1.73. The average Bonchev–Trinajstić information content (AvgIpc) is 3.36. The first kappa shape index (κ1) is 29.6. The number of amides is 1. The Morgan fingerprint density at radius 2 is 1.72 bits per heavy atom. The zero-order valence-corrected chi connectivity index (χ0v) is 25.8. The molecule has 0 aliphatic carbocycles. The number of benzene rings is 2. The van der Waals surface area contributed by atoms with Gasteiger partial charge in [-0.25, -0.2) is 18.3 Å². The van der Waals surface area contributed by atoms with Crippen LogP contribution in [0.15, 0.2) is 58.2 Å². The number of sulfone groups is 1. The van der Waals surface area contributed by atoms with Crippen molar-refractivity contribution in [2.24, 2.45) is 5.41 Å². The van der Waals surface area contributed by atoms with E-state index in [1.54, 1.807) is 45.9 Å². The van der Waals surface area contributed by atoms with Gasteiger partial charge in [-0.3, -0.25) is 14.2 Å². The van der Waals surface area contributed by atoms with E-state index in [1.165, 1.54) is 15.7 Å². The number of carbonyl (C=O) groups excluding carboxylic acids is 2. The van der Waals surface area contributed by atoms with Gasteiger partial charge in [-0.2, -0.15) is 0 Å². The summed E-state index contributed by atoms with van der Waals surface area (Å²) in [5, 5.41) is 0.549. The van der Waals surface area contributed by atoms with E-state index in [9.17, 15) is 18.0 Å². The summed E-state index contributed by atoms with van der Waals surface area (Å²) in [7, 11) is -3.92. The maximum absolute atomic E-state index is 14.1.